The average Bonchev–Trinajstić information content (AvgIpc) is 2.84. The fraction of sp³-hybridized carbons (Fsp3) is 0.167. The number of fused-ring (bicyclic) bond motifs is 1. The quantitative estimate of drug-likeness (QED) is 0.511. The second-order valence-electron chi connectivity index (χ2n) is 7.35. The summed E-state index contributed by atoms with van der Waals surface area (Å²) in [7, 11) is -3.99. The van der Waals surface area contributed by atoms with E-state index in [1.165, 1.54) is 36.4 Å². The molecule has 1 aliphatic rings. The van der Waals surface area contributed by atoms with Gasteiger partial charge in [0.1, 0.15) is 5.75 Å². The Morgan fingerprint density at radius 2 is 1.74 bits per heavy atom. The van der Waals surface area contributed by atoms with Crippen molar-refractivity contribution < 1.29 is 27.5 Å². The van der Waals surface area contributed by atoms with Crippen LogP contribution in [-0.2, 0) is 19.6 Å². The number of para-hydroxylation sites is 2. The van der Waals surface area contributed by atoms with Gasteiger partial charge >= 0.3 is 5.97 Å². The number of anilines is 2. The van der Waals surface area contributed by atoms with Crippen molar-refractivity contribution >= 4 is 44.9 Å². The molecule has 0 fully saturated rings. The summed E-state index contributed by atoms with van der Waals surface area (Å²) in [6, 6.07) is 18.6. The number of carbonyl (C=O) groups excluding carboxylic acids is 2. The molecule has 34 heavy (non-hydrogen) atoms. The lowest BCUT2D eigenvalue weighted by molar-refractivity contribution is -0.122. The first-order valence-corrected chi connectivity index (χ1v) is 12.2. The molecule has 0 aromatic heterocycles. The van der Waals surface area contributed by atoms with E-state index < -0.39 is 28.0 Å². The van der Waals surface area contributed by atoms with Crippen LogP contribution < -0.4 is 14.4 Å². The largest absolute Gasteiger partial charge is 0.476 e. The molecule has 1 N–H and O–H groups in total. The van der Waals surface area contributed by atoms with Gasteiger partial charge in [0, 0.05) is 10.7 Å². The lowest BCUT2D eigenvalue weighted by Crippen LogP contribution is -2.48. The molecule has 0 radical (unpaired) electrons. The Balaban J connectivity index is 1.57. The molecule has 1 atom stereocenters. The van der Waals surface area contributed by atoms with Gasteiger partial charge in [-0.3, -0.25) is 9.10 Å². The van der Waals surface area contributed by atoms with Crippen LogP contribution in [-0.4, -0.2) is 39.5 Å². The zero-order valence-corrected chi connectivity index (χ0v) is 19.7. The number of hydrogen-bond acceptors (Lipinski definition) is 6. The number of sulfonamides is 1. The van der Waals surface area contributed by atoms with Crippen LogP contribution in [0.1, 0.15) is 17.3 Å². The van der Waals surface area contributed by atoms with E-state index in [-0.39, 0.29) is 23.8 Å². The van der Waals surface area contributed by atoms with Crippen molar-refractivity contribution in [3.8, 4) is 5.75 Å². The smallest absolute Gasteiger partial charge is 0.338 e. The van der Waals surface area contributed by atoms with Gasteiger partial charge in [0.05, 0.1) is 29.3 Å². The van der Waals surface area contributed by atoms with Crippen molar-refractivity contribution in [1.82, 2.24) is 0 Å². The highest BCUT2D eigenvalue weighted by molar-refractivity contribution is 7.92. The maximum absolute atomic E-state index is 13.4. The van der Waals surface area contributed by atoms with E-state index in [2.05, 4.69) is 5.32 Å². The van der Waals surface area contributed by atoms with E-state index in [0.717, 1.165) is 4.31 Å². The normalized spacial score (nSPS) is 15.1. The van der Waals surface area contributed by atoms with Crippen molar-refractivity contribution in [3.63, 3.8) is 0 Å². The number of ether oxygens (including phenoxy) is 2. The zero-order chi connectivity index (χ0) is 24.3. The Hall–Kier alpha value is -3.56. The van der Waals surface area contributed by atoms with Crippen molar-refractivity contribution in [2.24, 2.45) is 0 Å². The number of nitrogens with one attached hydrogen (secondary N) is 1. The minimum absolute atomic E-state index is 0.0438. The van der Waals surface area contributed by atoms with Crippen molar-refractivity contribution in [2.75, 3.05) is 22.8 Å². The van der Waals surface area contributed by atoms with Crippen LogP contribution >= 0.6 is 11.6 Å². The Labute approximate surface area is 202 Å². The number of halogens is 1. The topological polar surface area (TPSA) is 102 Å². The molecular weight excluding hydrogens is 480 g/mol. The molecule has 3 aromatic rings. The molecule has 0 bridgehead atoms. The predicted molar refractivity (Wildman–Crippen MR) is 128 cm³/mol. The van der Waals surface area contributed by atoms with E-state index in [4.69, 9.17) is 21.1 Å². The second-order valence-corrected chi connectivity index (χ2v) is 9.65. The third-order valence-electron chi connectivity index (χ3n) is 5.09. The highest BCUT2D eigenvalue weighted by Crippen LogP contribution is 2.37. The zero-order valence-electron chi connectivity index (χ0n) is 18.1. The Morgan fingerprint density at radius 1 is 1.06 bits per heavy atom. The minimum Gasteiger partial charge on any atom is -0.476 e. The van der Waals surface area contributed by atoms with Crippen LogP contribution in [0.3, 0.4) is 0 Å². The first kappa shape index (κ1) is 23.6. The summed E-state index contributed by atoms with van der Waals surface area (Å²) < 4.78 is 38.7. The third-order valence-corrected chi connectivity index (χ3v) is 7.14. The molecule has 0 saturated heterocycles. The summed E-state index contributed by atoms with van der Waals surface area (Å²) in [5.41, 5.74) is 1.11. The molecule has 1 heterocycles. The molecule has 176 valence electrons. The van der Waals surface area contributed by atoms with Crippen LogP contribution in [0, 0.1) is 0 Å². The van der Waals surface area contributed by atoms with E-state index >= 15 is 0 Å². The lowest BCUT2D eigenvalue weighted by Gasteiger charge is -2.34. The molecule has 10 heteroatoms. The number of rotatable bonds is 6. The number of esters is 1. The maximum Gasteiger partial charge on any atom is 0.338 e. The van der Waals surface area contributed by atoms with Gasteiger partial charge in [0.15, 0.2) is 6.10 Å². The van der Waals surface area contributed by atoms with Gasteiger partial charge in [-0.2, -0.15) is 0 Å². The molecular formula is C24H21ClN2O6S. The molecule has 1 amide bonds. The predicted octanol–water partition coefficient (Wildman–Crippen LogP) is 4.11. The first-order chi connectivity index (χ1) is 16.3. The number of carbonyl (C=O) groups is 2. The van der Waals surface area contributed by atoms with E-state index in [0.29, 0.717) is 22.0 Å². The highest BCUT2D eigenvalue weighted by Gasteiger charge is 2.37. The number of amides is 1. The van der Waals surface area contributed by atoms with Crippen LogP contribution in [0.4, 0.5) is 11.4 Å². The highest BCUT2D eigenvalue weighted by atomic mass is 35.5. The molecule has 1 aliphatic heterocycles. The Kier molecular flexibility index (Phi) is 6.76. The fourth-order valence-corrected chi connectivity index (χ4v) is 5.03. The average molecular weight is 501 g/mol. The van der Waals surface area contributed by atoms with E-state index in [1.807, 2.05) is 0 Å². The summed E-state index contributed by atoms with van der Waals surface area (Å²) >= 11 is 5.91. The van der Waals surface area contributed by atoms with E-state index in [1.54, 1.807) is 43.3 Å². The van der Waals surface area contributed by atoms with Gasteiger partial charge in [0.2, 0.25) is 0 Å². The number of benzene rings is 3. The van der Waals surface area contributed by atoms with Gasteiger partial charge in [-0.25, -0.2) is 13.2 Å². The molecule has 4 rings (SSSR count). The summed E-state index contributed by atoms with van der Waals surface area (Å²) in [4.78, 5) is 24.8. The summed E-state index contributed by atoms with van der Waals surface area (Å²) in [6.07, 6.45) is -1.11. The first-order valence-electron chi connectivity index (χ1n) is 10.4. The SMILES string of the molecule is CCOC(=O)c1ccc(NC(=O)[C@@H]2CN(S(=O)(=O)c3ccc(Cl)cc3)c3ccccc3O2)cc1. The lowest BCUT2D eigenvalue weighted by atomic mass is 10.2. The summed E-state index contributed by atoms with van der Waals surface area (Å²) in [5.74, 6) is -0.727. The van der Waals surface area contributed by atoms with Gasteiger partial charge in [-0.05, 0) is 67.6 Å². The van der Waals surface area contributed by atoms with Crippen LogP contribution in [0.2, 0.25) is 5.02 Å². The monoisotopic (exact) mass is 500 g/mol. The van der Waals surface area contributed by atoms with Gasteiger partial charge in [0.25, 0.3) is 15.9 Å². The number of hydrogen-bond donors (Lipinski definition) is 1. The van der Waals surface area contributed by atoms with Crippen LogP contribution in [0.5, 0.6) is 5.75 Å². The van der Waals surface area contributed by atoms with Crippen molar-refractivity contribution in [1.29, 1.82) is 0 Å². The standard InChI is InChI=1S/C24H21ClN2O6S/c1-2-32-24(29)16-7-11-18(12-8-16)26-23(28)22-15-27(20-5-3-4-6-21(20)33-22)34(30,31)19-13-9-17(25)10-14-19/h3-14,22H,2,15H2,1H3,(H,26,28)/t22-/m0/s1. The Morgan fingerprint density at radius 3 is 2.41 bits per heavy atom. The maximum atomic E-state index is 13.4. The van der Waals surface area contributed by atoms with Crippen LogP contribution in [0.25, 0.3) is 0 Å². The summed E-state index contributed by atoms with van der Waals surface area (Å²) in [6.45, 7) is 1.74. The van der Waals surface area contributed by atoms with Gasteiger partial charge in [-0.1, -0.05) is 23.7 Å². The van der Waals surface area contributed by atoms with Gasteiger partial charge < -0.3 is 14.8 Å². The number of nitrogens with zero attached hydrogens (tertiary/aromatic N) is 1. The second kappa shape index (κ2) is 9.74. The fourth-order valence-electron chi connectivity index (χ4n) is 3.43. The van der Waals surface area contributed by atoms with E-state index in [9.17, 15) is 18.0 Å². The molecule has 0 spiro atoms. The third kappa shape index (κ3) is 4.85. The van der Waals surface area contributed by atoms with Crippen LogP contribution in [0.15, 0.2) is 77.7 Å². The van der Waals surface area contributed by atoms with Gasteiger partial charge in [-0.15, -0.1) is 0 Å². The minimum atomic E-state index is -3.99. The molecule has 0 aliphatic carbocycles. The van der Waals surface area contributed by atoms with Crippen molar-refractivity contribution in [2.45, 2.75) is 17.9 Å². The molecule has 0 unspecified atom stereocenters. The Bertz CT molecular complexity index is 1310. The van der Waals surface area contributed by atoms with Crippen molar-refractivity contribution in [3.05, 3.63) is 83.4 Å². The molecule has 0 saturated carbocycles. The molecule has 3 aromatic carbocycles. The summed E-state index contributed by atoms with van der Waals surface area (Å²) in [5, 5.41) is 3.11. The molecule has 8 nitrogen and oxygen atoms in total.